The van der Waals surface area contributed by atoms with E-state index >= 15 is 0 Å². The molecule has 0 fully saturated rings. The van der Waals surface area contributed by atoms with Crippen molar-refractivity contribution in [1.82, 2.24) is 15.0 Å². The minimum atomic E-state index is -0.0287. The normalized spacial score (nSPS) is 11.6. The van der Waals surface area contributed by atoms with Crippen molar-refractivity contribution in [3.63, 3.8) is 0 Å². The zero-order valence-corrected chi connectivity index (χ0v) is 12.7. The van der Waals surface area contributed by atoms with E-state index in [2.05, 4.69) is 20.3 Å². The second-order valence-electron chi connectivity index (χ2n) is 4.57. The highest BCUT2D eigenvalue weighted by molar-refractivity contribution is 5.42. The van der Waals surface area contributed by atoms with Gasteiger partial charge in [0, 0.05) is 18.2 Å². The first-order valence-electron chi connectivity index (χ1n) is 6.67. The van der Waals surface area contributed by atoms with E-state index in [0.29, 0.717) is 29.8 Å². The first-order valence-corrected chi connectivity index (χ1v) is 6.67. The van der Waals surface area contributed by atoms with Gasteiger partial charge in [-0.3, -0.25) is 0 Å². The first-order chi connectivity index (χ1) is 10.6. The van der Waals surface area contributed by atoms with Crippen LogP contribution in [0, 0.1) is 0 Å². The highest BCUT2D eigenvalue weighted by Gasteiger charge is 2.08. The Morgan fingerprint density at radius 2 is 1.73 bits per heavy atom. The number of anilines is 2. The third kappa shape index (κ3) is 4.37. The number of aromatic nitrogens is 3. The molecule has 1 heterocycles. The van der Waals surface area contributed by atoms with Gasteiger partial charge in [-0.1, -0.05) is 0 Å². The lowest BCUT2D eigenvalue weighted by Crippen LogP contribution is -2.25. The van der Waals surface area contributed by atoms with E-state index in [9.17, 15) is 0 Å². The number of nitrogens with one attached hydrogen (secondary N) is 1. The van der Waals surface area contributed by atoms with Gasteiger partial charge in [-0.25, -0.2) is 9.97 Å². The number of hydrogen-bond acceptors (Lipinski definition) is 8. The van der Waals surface area contributed by atoms with E-state index in [1.165, 1.54) is 6.33 Å². The van der Waals surface area contributed by atoms with Gasteiger partial charge in [0.2, 0.25) is 11.9 Å². The highest BCUT2D eigenvalue weighted by Crippen LogP contribution is 2.27. The Bertz CT molecular complexity index is 601. The largest absolute Gasteiger partial charge is 0.496 e. The molecule has 1 unspecified atom stereocenters. The maximum atomic E-state index is 5.73. The van der Waals surface area contributed by atoms with E-state index in [1.807, 2.05) is 6.92 Å². The number of rotatable bonds is 7. The topological polar surface area (TPSA) is 104 Å². The van der Waals surface area contributed by atoms with Gasteiger partial charge >= 0.3 is 0 Å². The van der Waals surface area contributed by atoms with Crippen LogP contribution in [0.2, 0.25) is 0 Å². The van der Waals surface area contributed by atoms with E-state index in [1.54, 1.807) is 32.4 Å². The van der Waals surface area contributed by atoms with E-state index in [4.69, 9.17) is 19.9 Å². The van der Waals surface area contributed by atoms with E-state index in [0.717, 1.165) is 0 Å². The van der Waals surface area contributed by atoms with E-state index < -0.39 is 0 Å². The molecule has 0 bridgehead atoms. The van der Waals surface area contributed by atoms with Gasteiger partial charge in [0.25, 0.3) is 0 Å². The van der Waals surface area contributed by atoms with Crippen LogP contribution in [-0.2, 0) is 0 Å². The second kappa shape index (κ2) is 7.30. The van der Waals surface area contributed by atoms with Crippen LogP contribution in [-0.4, -0.2) is 41.8 Å². The van der Waals surface area contributed by atoms with Crippen LogP contribution in [0.1, 0.15) is 6.92 Å². The molecule has 2 aromatic rings. The molecule has 0 saturated heterocycles. The van der Waals surface area contributed by atoms with Gasteiger partial charge in [0.05, 0.1) is 20.3 Å². The average molecular weight is 305 g/mol. The van der Waals surface area contributed by atoms with Crippen LogP contribution >= 0.6 is 0 Å². The van der Waals surface area contributed by atoms with Gasteiger partial charge in [-0.15, -0.1) is 0 Å². The number of benzene rings is 1. The van der Waals surface area contributed by atoms with Crippen LogP contribution in [0.15, 0.2) is 24.5 Å². The predicted octanol–water partition coefficient (Wildman–Crippen LogP) is 1.35. The lowest BCUT2D eigenvalue weighted by molar-refractivity contribution is 0.298. The summed E-state index contributed by atoms with van der Waals surface area (Å²) >= 11 is 0. The standard InChI is InChI=1S/C14H19N5O3/c1-9(18-14-17-8-16-13(15)19-14)7-22-12-5-10(20-2)4-11(6-12)21-3/h4-6,8-9H,7H2,1-3H3,(H3,15,16,17,18,19). The SMILES string of the molecule is COc1cc(OC)cc(OCC(C)Nc2ncnc(N)n2)c1. The molecule has 1 aromatic heterocycles. The monoisotopic (exact) mass is 305 g/mol. The Labute approximate surface area is 128 Å². The first kappa shape index (κ1) is 15.6. The average Bonchev–Trinajstić information content (AvgIpc) is 2.52. The molecule has 0 aliphatic carbocycles. The number of ether oxygens (including phenoxy) is 3. The molecule has 2 rings (SSSR count). The smallest absolute Gasteiger partial charge is 0.227 e. The maximum Gasteiger partial charge on any atom is 0.227 e. The van der Waals surface area contributed by atoms with Gasteiger partial charge in [0.1, 0.15) is 30.2 Å². The van der Waals surface area contributed by atoms with E-state index in [-0.39, 0.29) is 12.0 Å². The molecule has 0 radical (unpaired) electrons. The fourth-order valence-electron chi connectivity index (χ4n) is 1.73. The van der Waals surface area contributed by atoms with Crippen molar-refractivity contribution in [3.8, 4) is 17.2 Å². The number of nitrogens with zero attached hydrogens (tertiary/aromatic N) is 3. The Morgan fingerprint density at radius 1 is 1.09 bits per heavy atom. The Kier molecular flexibility index (Phi) is 5.18. The zero-order valence-electron chi connectivity index (χ0n) is 12.7. The van der Waals surface area contributed by atoms with Crippen molar-refractivity contribution in [3.05, 3.63) is 24.5 Å². The summed E-state index contributed by atoms with van der Waals surface area (Å²) in [5.41, 5.74) is 5.50. The molecular formula is C14H19N5O3. The molecule has 3 N–H and O–H groups in total. The fraction of sp³-hybridized carbons (Fsp3) is 0.357. The summed E-state index contributed by atoms with van der Waals surface area (Å²) in [6.45, 7) is 2.35. The van der Waals surface area contributed by atoms with Crippen molar-refractivity contribution in [1.29, 1.82) is 0 Å². The number of methoxy groups -OCH3 is 2. The van der Waals surface area contributed by atoms with Crippen LogP contribution < -0.4 is 25.3 Å². The third-order valence-electron chi connectivity index (χ3n) is 2.79. The summed E-state index contributed by atoms with van der Waals surface area (Å²) in [5.74, 6) is 2.57. The van der Waals surface area contributed by atoms with Gasteiger partial charge in [0.15, 0.2) is 0 Å². The summed E-state index contributed by atoms with van der Waals surface area (Å²) < 4.78 is 16.1. The number of nitrogens with two attached hydrogens (primary N) is 1. The van der Waals surface area contributed by atoms with Crippen LogP contribution in [0.5, 0.6) is 17.2 Å². The molecular weight excluding hydrogens is 286 g/mol. The lowest BCUT2D eigenvalue weighted by atomic mass is 10.3. The third-order valence-corrected chi connectivity index (χ3v) is 2.79. The van der Waals surface area contributed by atoms with Crippen molar-refractivity contribution >= 4 is 11.9 Å². The molecule has 0 amide bonds. The molecule has 0 aliphatic heterocycles. The van der Waals surface area contributed by atoms with Crippen molar-refractivity contribution in [2.45, 2.75) is 13.0 Å². The molecule has 0 saturated carbocycles. The highest BCUT2D eigenvalue weighted by atomic mass is 16.5. The zero-order chi connectivity index (χ0) is 15.9. The van der Waals surface area contributed by atoms with Crippen molar-refractivity contribution in [2.24, 2.45) is 0 Å². The molecule has 8 nitrogen and oxygen atoms in total. The van der Waals surface area contributed by atoms with Crippen LogP contribution in [0.25, 0.3) is 0 Å². The van der Waals surface area contributed by atoms with Crippen molar-refractivity contribution in [2.75, 3.05) is 31.9 Å². The molecule has 1 atom stereocenters. The molecule has 118 valence electrons. The number of nitrogen functional groups attached to an aromatic ring is 1. The predicted molar refractivity (Wildman–Crippen MR) is 82.4 cm³/mol. The summed E-state index contributed by atoms with van der Waals surface area (Å²) in [4.78, 5) is 11.7. The molecule has 8 heteroatoms. The summed E-state index contributed by atoms with van der Waals surface area (Å²) in [5, 5.41) is 3.08. The lowest BCUT2D eigenvalue weighted by Gasteiger charge is -2.15. The summed E-state index contributed by atoms with van der Waals surface area (Å²) in [6, 6.07) is 5.33. The Morgan fingerprint density at radius 3 is 2.32 bits per heavy atom. The van der Waals surface area contributed by atoms with Crippen molar-refractivity contribution < 1.29 is 14.2 Å². The molecule has 0 aliphatic rings. The van der Waals surface area contributed by atoms with Gasteiger partial charge < -0.3 is 25.3 Å². The molecule has 22 heavy (non-hydrogen) atoms. The second-order valence-corrected chi connectivity index (χ2v) is 4.57. The summed E-state index contributed by atoms with van der Waals surface area (Å²) in [6.07, 6.45) is 1.35. The van der Waals surface area contributed by atoms with Crippen LogP contribution in [0.3, 0.4) is 0 Å². The minimum absolute atomic E-state index is 0.0287. The quantitative estimate of drug-likeness (QED) is 0.790. The van der Waals surface area contributed by atoms with Gasteiger partial charge in [-0.2, -0.15) is 4.98 Å². The van der Waals surface area contributed by atoms with Crippen LogP contribution in [0.4, 0.5) is 11.9 Å². The maximum absolute atomic E-state index is 5.73. The number of hydrogen-bond donors (Lipinski definition) is 2. The Hall–Kier alpha value is -2.77. The molecule has 0 spiro atoms. The summed E-state index contributed by atoms with van der Waals surface area (Å²) in [7, 11) is 3.18. The Balaban J connectivity index is 1.94. The molecule has 1 aromatic carbocycles. The fourth-order valence-corrected chi connectivity index (χ4v) is 1.73. The minimum Gasteiger partial charge on any atom is -0.496 e. The van der Waals surface area contributed by atoms with Gasteiger partial charge in [-0.05, 0) is 6.92 Å².